The molecule has 0 aliphatic heterocycles. The lowest BCUT2D eigenvalue weighted by Gasteiger charge is -2.09. The van der Waals surface area contributed by atoms with E-state index >= 15 is 0 Å². The fraction of sp³-hybridized carbons (Fsp3) is 0.143. The molecular formula is C14H13N3O4. The SMILES string of the molecule is COc1cc(C#N)ccc1OCc1cc(C(=O)NN)co1. The van der Waals surface area contributed by atoms with E-state index in [1.165, 1.54) is 19.4 Å². The van der Waals surface area contributed by atoms with E-state index in [2.05, 4.69) is 0 Å². The predicted molar refractivity (Wildman–Crippen MR) is 72.4 cm³/mol. The molecule has 0 fully saturated rings. The van der Waals surface area contributed by atoms with Crippen LogP contribution in [0, 0.1) is 11.3 Å². The van der Waals surface area contributed by atoms with Gasteiger partial charge < -0.3 is 13.9 Å². The fourth-order valence-corrected chi connectivity index (χ4v) is 1.66. The lowest BCUT2D eigenvalue weighted by Crippen LogP contribution is -2.29. The number of nitrogen functional groups attached to an aromatic ring is 1. The topological polar surface area (TPSA) is 111 Å². The van der Waals surface area contributed by atoms with Crippen LogP contribution in [0.15, 0.2) is 34.9 Å². The van der Waals surface area contributed by atoms with Gasteiger partial charge in [0.25, 0.3) is 5.91 Å². The average molecular weight is 287 g/mol. The molecule has 2 aromatic rings. The summed E-state index contributed by atoms with van der Waals surface area (Å²) in [5.74, 6) is 5.96. The van der Waals surface area contributed by atoms with E-state index in [4.69, 9.17) is 25.0 Å². The van der Waals surface area contributed by atoms with Crippen LogP contribution in [0.4, 0.5) is 0 Å². The molecule has 0 aliphatic rings. The van der Waals surface area contributed by atoms with Crippen LogP contribution < -0.4 is 20.7 Å². The Kier molecular flexibility index (Phi) is 4.43. The van der Waals surface area contributed by atoms with Crippen molar-refractivity contribution in [3.05, 3.63) is 47.4 Å². The van der Waals surface area contributed by atoms with Crippen molar-refractivity contribution in [2.75, 3.05) is 7.11 Å². The van der Waals surface area contributed by atoms with E-state index in [0.717, 1.165) is 0 Å². The number of amides is 1. The van der Waals surface area contributed by atoms with Gasteiger partial charge in [0.1, 0.15) is 18.6 Å². The van der Waals surface area contributed by atoms with Crippen molar-refractivity contribution in [3.63, 3.8) is 0 Å². The number of furan rings is 1. The van der Waals surface area contributed by atoms with Gasteiger partial charge in [-0.15, -0.1) is 0 Å². The van der Waals surface area contributed by atoms with Gasteiger partial charge in [0.2, 0.25) is 0 Å². The van der Waals surface area contributed by atoms with Crippen LogP contribution in [0.2, 0.25) is 0 Å². The Hall–Kier alpha value is -2.98. The molecule has 0 saturated carbocycles. The molecule has 3 N–H and O–H groups in total. The highest BCUT2D eigenvalue weighted by atomic mass is 16.5. The van der Waals surface area contributed by atoms with Crippen molar-refractivity contribution < 1.29 is 18.7 Å². The molecule has 0 aliphatic carbocycles. The number of nitrogens with one attached hydrogen (secondary N) is 1. The summed E-state index contributed by atoms with van der Waals surface area (Å²) < 4.78 is 15.9. The number of carbonyl (C=O) groups excluding carboxylic acids is 1. The zero-order valence-corrected chi connectivity index (χ0v) is 11.3. The summed E-state index contributed by atoms with van der Waals surface area (Å²) in [5.41, 5.74) is 2.79. The third kappa shape index (κ3) is 3.32. The van der Waals surface area contributed by atoms with Crippen molar-refractivity contribution in [2.45, 2.75) is 6.61 Å². The van der Waals surface area contributed by atoms with Crippen molar-refractivity contribution in [1.82, 2.24) is 5.43 Å². The Morgan fingerprint density at radius 1 is 1.43 bits per heavy atom. The van der Waals surface area contributed by atoms with Crippen LogP contribution in [-0.4, -0.2) is 13.0 Å². The first-order valence-corrected chi connectivity index (χ1v) is 5.97. The number of nitriles is 1. The first-order chi connectivity index (χ1) is 10.2. The Bertz CT molecular complexity index is 688. The molecule has 0 spiro atoms. The van der Waals surface area contributed by atoms with Gasteiger partial charge in [-0.05, 0) is 18.2 Å². The molecule has 108 valence electrons. The summed E-state index contributed by atoms with van der Waals surface area (Å²) in [5, 5.41) is 8.83. The van der Waals surface area contributed by atoms with Crippen LogP contribution in [0.25, 0.3) is 0 Å². The van der Waals surface area contributed by atoms with Crippen LogP contribution in [0.3, 0.4) is 0 Å². The number of methoxy groups -OCH3 is 1. The molecule has 0 bridgehead atoms. The van der Waals surface area contributed by atoms with Gasteiger partial charge in [-0.1, -0.05) is 0 Å². The normalized spacial score (nSPS) is 9.76. The van der Waals surface area contributed by atoms with E-state index in [9.17, 15) is 4.79 Å². The molecule has 21 heavy (non-hydrogen) atoms. The predicted octanol–water partition coefficient (Wildman–Crippen LogP) is 1.34. The maximum atomic E-state index is 11.3. The van der Waals surface area contributed by atoms with Gasteiger partial charge in [0, 0.05) is 6.07 Å². The Labute approximate surface area is 120 Å². The number of nitrogens with zero attached hydrogens (tertiary/aromatic N) is 1. The second-order valence-electron chi connectivity index (χ2n) is 4.04. The molecule has 1 heterocycles. The van der Waals surface area contributed by atoms with Crippen LogP contribution >= 0.6 is 0 Å². The van der Waals surface area contributed by atoms with E-state index in [1.54, 1.807) is 18.2 Å². The summed E-state index contributed by atoms with van der Waals surface area (Å²) in [4.78, 5) is 11.3. The molecule has 0 unspecified atom stereocenters. The van der Waals surface area contributed by atoms with Gasteiger partial charge >= 0.3 is 0 Å². The molecule has 7 heteroatoms. The molecule has 7 nitrogen and oxygen atoms in total. The Balaban J connectivity index is 2.08. The molecule has 1 amide bonds. The summed E-state index contributed by atoms with van der Waals surface area (Å²) >= 11 is 0. The first-order valence-electron chi connectivity index (χ1n) is 5.97. The van der Waals surface area contributed by atoms with E-state index in [1.807, 2.05) is 11.5 Å². The number of benzene rings is 1. The largest absolute Gasteiger partial charge is 0.493 e. The number of hydrazine groups is 1. The van der Waals surface area contributed by atoms with Gasteiger partial charge in [-0.25, -0.2) is 5.84 Å². The molecule has 1 aromatic heterocycles. The minimum atomic E-state index is -0.444. The average Bonchev–Trinajstić information content (AvgIpc) is 3.00. The zero-order chi connectivity index (χ0) is 15.2. The maximum Gasteiger partial charge on any atom is 0.268 e. The van der Waals surface area contributed by atoms with E-state index in [0.29, 0.717) is 28.4 Å². The number of hydrogen-bond acceptors (Lipinski definition) is 6. The number of rotatable bonds is 5. The monoisotopic (exact) mass is 287 g/mol. The molecule has 0 radical (unpaired) electrons. The lowest BCUT2D eigenvalue weighted by atomic mass is 10.2. The molecule has 2 rings (SSSR count). The minimum absolute atomic E-state index is 0.111. The van der Waals surface area contributed by atoms with Gasteiger partial charge in [0.15, 0.2) is 11.5 Å². The number of ether oxygens (including phenoxy) is 2. The smallest absolute Gasteiger partial charge is 0.268 e. The standard InChI is InChI=1S/C14H13N3O4/c1-19-13-4-9(6-15)2-3-12(13)21-8-11-5-10(7-20-11)14(18)17-16/h2-5,7H,8,16H2,1H3,(H,17,18). The van der Waals surface area contributed by atoms with Crippen molar-refractivity contribution in [1.29, 1.82) is 5.26 Å². The first kappa shape index (κ1) is 14.4. The summed E-state index contributed by atoms with van der Waals surface area (Å²) in [6, 6.07) is 8.37. The van der Waals surface area contributed by atoms with Gasteiger partial charge in [-0.2, -0.15) is 5.26 Å². The van der Waals surface area contributed by atoms with Crippen molar-refractivity contribution in [2.24, 2.45) is 5.84 Å². The molecular weight excluding hydrogens is 274 g/mol. The second kappa shape index (κ2) is 6.45. The Morgan fingerprint density at radius 3 is 2.90 bits per heavy atom. The second-order valence-corrected chi connectivity index (χ2v) is 4.04. The van der Waals surface area contributed by atoms with Crippen molar-refractivity contribution in [3.8, 4) is 17.6 Å². The Morgan fingerprint density at radius 2 is 2.24 bits per heavy atom. The van der Waals surface area contributed by atoms with Gasteiger partial charge in [-0.3, -0.25) is 10.2 Å². The fourth-order valence-electron chi connectivity index (χ4n) is 1.66. The quantitative estimate of drug-likeness (QED) is 0.488. The van der Waals surface area contributed by atoms with E-state index < -0.39 is 5.91 Å². The summed E-state index contributed by atoms with van der Waals surface area (Å²) in [7, 11) is 1.49. The zero-order valence-electron chi connectivity index (χ0n) is 11.3. The maximum absolute atomic E-state index is 11.3. The van der Waals surface area contributed by atoms with Crippen LogP contribution in [0.5, 0.6) is 11.5 Å². The molecule has 0 saturated heterocycles. The number of nitrogens with two attached hydrogens (primary N) is 1. The molecule has 1 aromatic carbocycles. The minimum Gasteiger partial charge on any atom is -0.493 e. The highest BCUT2D eigenvalue weighted by Gasteiger charge is 2.11. The third-order valence-corrected chi connectivity index (χ3v) is 2.71. The highest BCUT2D eigenvalue weighted by Crippen LogP contribution is 2.28. The molecule has 0 atom stereocenters. The number of hydrogen-bond donors (Lipinski definition) is 2. The van der Waals surface area contributed by atoms with Gasteiger partial charge in [0.05, 0.1) is 24.3 Å². The highest BCUT2D eigenvalue weighted by molar-refractivity contribution is 5.93. The summed E-state index contributed by atoms with van der Waals surface area (Å²) in [6.45, 7) is 0.111. The van der Waals surface area contributed by atoms with Crippen LogP contribution in [-0.2, 0) is 6.61 Å². The summed E-state index contributed by atoms with van der Waals surface area (Å²) in [6.07, 6.45) is 1.29. The van der Waals surface area contributed by atoms with E-state index in [-0.39, 0.29) is 6.61 Å². The third-order valence-electron chi connectivity index (χ3n) is 2.71. The van der Waals surface area contributed by atoms with Crippen molar-refractivity contribution >= 4 is 5.91 Å². The van der Waals surface area contributed by atoms with Crippen LogP contribution in [0.1, 0.15) is 21.7 Å². The lowest BCUT2D eigenvalue weighted by molar-refractivity contribution is 0.0953. The number of carbonyl (C=O) groups is 1.